The lowest BCUT2D eigenvalue weighted by Crippen LogP contribution is -2.43. The lowest BCUT2D eigenvalue weighted by molar-refractivity contribution is -0.120. The molecular formula is C26H34F3N5O2. The number of rotatable bonds is 10. The van der Waals surface area contributed by atoms with E-state index in [9.17, 15) is 18.0 Å². The van der Waals surface area contributed by atoms with Gasteiger partial charge in [0.25, 0.3) is 5.91 Å². The zero-order chi connectivity index (χ0) is 25.7. The highest BCUT2D eigenvalue weighted by Gasteiger charge is 2.39. The first-order chi connectivity index (χ1) is 17.2. The first kappa shape index (κ1) is 26.4. The summed E-state index contributed by atoms with van der Waals surface area (Å²) in [5, 5.41) is 6.12. The van der Waals surface area contributed by atoms with Gasteiger partial charge in [-0.25, -0.2) is 4.98 Å². The summed E-state index contributed by atoms with van der Waals surface area (Å²) in [7, 11) is 3.94. The number of pyridine rings is 1. The van der Waals surface area contributed by atoms with Crippen molar-refractivity contribution in [1.29, 1.82) is 0 Å². The number of benzene rings is 1. The standard InChI is InChI=1S/C26H34F3N5O2/c1-30-8-9-33(2)15-19-4-3-5-20(12-19)23-13-21(25(35)31-14-18-6-10-36-11-7-18)22-16-34(24(22)32-23)17-26(27,28)29/h3-5,12-13,18,30H,6-11,14-17H2,1-2H3,(H,31,35). The molecule has 0 spiro atoms. The summed E-state index contributed by atoms with van der Waals surface area (Å²) in [6, 6.07) is 9.50. The van der Waals surface area contributed by atoms with Crippen LogP contribution in [0.25, 0.3) is 11.3 Å². The van der Waals surface area contributed by atoms with Crippen LogP contribution in [0.15, 0.2) is 30.3 Å². The molecule has 0 unspecified atom stereocenters. The van der Waals surface area contributed by atoms with Crippen molar-refractivity contribution in [3.05, 3.63) is 47.0 Å². The second-order valence-electron chi connectivity index (χ2n) is 9.64. The van der Waals surface area contributed by atoms with E-state index in [0.717, 1.165) is 43.6 Å². The molecule has 4 rings (SSSR count). The molecule has 1 aromatic carbocycles. The number of hydrogen-bond donors (Lipinski definition) is 2. The van der Waals surface area contributed by atoms with E-state index in [1.807, 2.05) is 38.4 Å². The first-order valence-electron chi connectivity index (χ1n) is 12.4. The van der Waals surface area contributed by atoms with Crippen molar-refractivity contribution in [2.24, 2.45) is 5.92 Å². The number of halogens is 3. The summed E-state index contributed by atoms with van der Waals surface area (Å²) in [5.74, 6) is 0.307. The molecule has 1 aromatic heterocycles. The average Bonchev–Trinajstić information content (AvgIpc) is 2.84. The number of alkyl halides is 3. The third-order valence-electron chi connectivity index (χ3n) is 6.68. The average molecular weight is 506 g/mol. The molecule has 1 saturated heterocycles. The molecule has 2 N–H and O–H groups in total. The third kappa shape index (κ3) is 6.74. The fourth-order valence-electron chi connectivity index (χ4n) is 4.65. The molecule has 0 bridgehead atoms. The number of fused-ring (bicyclic) bond motifs is 1. The lowest BCUT2D eigenvalue weighted by Gasteiger charge is -2.37. The number of anilines is 1. The zero-order valence-electron chi connectivity index (χ0n) is 20.8. The third-order valence-corrected chi connectivity index (χ3v) is 6.68. The maximum absolute atomic E-state index is 13.2. The molecule has 3 heterocycles. The Balaban J connectivity index is 1.58. The molecular weight excluding hydrogens is 471 g/mol. The number of carbonyl (C=O) groups excluding carboxylic acids is 1. The van der Waals surface area contributed by atoms with Crippen LogP contribution in [0.5, 0.6) is 0 Å². The fraction of sp³-hybridized carbons (Fsp3) is 0.538. The fourth-order valence-corrected chi connectivity index (χ4v) is 4.65. The Bertz CT molecular complexity index is 1060. The van der Waals surface area contributed by atoms with Gasteiger partial charge in [0.05, 0.1) is 11.3 Å². The van der Waals surface area contributed by atoms with Crippen LogP contribution in [0.3, 0.4) is 0 Å². The van der Waals surface area contributed by atoms with Crippen LogP contribution in [0.2, 0.25) is 0 Å². The zero-order valence-corrected chi connectivity index (χ0v) is 20.8. The predicted octanol–water partition coefficient (Wildman–Crippen LogP) is 3.44. The van der Waals surface area contributed by atoms with Gasteiger partial charge < -0.3 is 25.2 Å². The number of amides is 1. The van der Waals surface area contributed by atoms with Crippen LogP contribution < -0.4 is 15.5 Å². The summed E-state index contributed by atoms with van der Waals surface area (Å²) >= 11 is 0. The second-order valence-corrected chi connectivity index (χ2v) is 9.64. The molecule has 1 amide bonds. The van der Waals surface area contributed by atoms with Gasteiger partial charge in [-0.15, -0.1) is 0 Å². The maximum Gasteiger partial charge on any atom is 0.405 e. The number of aromatic nitrogens is 1. The Morgan fingerprint density at radius 2 is 2.03 bits per heavy atom. The Morgan fingerprint density at radius 1 is 1.25 bits per heavy atom. The minimum absolute atomic E-state index is 0.0540. The van der Waals surface area contributed by atoms with E-state index in [-0.39, 0.29) is 18.3 Å². The topological polar surface area (TPSA) is 69.7 Å². The smallest absolute Gasteiger partial charge is 0.381 e. The minimum Gasteiger partial charge on any atom is -0.381 e. The van der Waals surface area contributed by atoms with Gasteiger partial charge in [0.1, 0.15) is 12.4 Å². The maximum atomic E-state index is 13.2. The van der Waals surface area contributed by atoms with E-state index < -0.39 is 12.7 Å². The summed E-state index contributed by atoms with van der Waals surface area (Å²) in [5.41, 5.74) is 3.30. The normalized spacial score (nSPS) is 16.1. The molecule has 7 nitrogen and oxygen atoms in total. The van der Waals surface area contributed by atoms with Gasteiger partial charge >= 0.3 is 6.18 Å². The van der Waals surface area contributed by atoms with Gasteiger partial charge in [0.2, 0.25) is 0 Å². The number of hydrogen-bond acceptors (Lipinski definition) is 6. The first-order valence-corrected chi connectivity index (χ1v) is 12.4. The summed E-state index contributed by atoms with van der Waals surface area (Å²) < 4.78 is 44.8. The van der Waals surface area contributed by atoms with Crippen molar-refractivity contribution >= 4 is 11.7 Å². The number of carbonyl (C=O) groups is 1. The Labute approximate surface area is 210 Å². The molecule has 0 radical (unpaired) electrons. The molecule has 196 valence electrons. The minimum atomic E-state index is -4.35. The summed E-state index contributed by atoms with van der Waals surface area (Å²) in [6.45, 7) is 3.32. The molecule has 2 aliphatic rings. The largest absolute Gasteiger partial charge is 0.405 e. The number of nitrogens with zero attached hydrogens (tertiary/aromatic N) is 3. The van der Waals surface area contributed by atoms with Gasteiger partial charge in [0, 0.05) is 57.1 Å². The molecule has 36 heavy (non-hydrogen) atoms. The molecule has 1 fully saturated rings. The van der Waals surface area contributed by atoms with Gasteiger partial charge in [-0.3, -0.25) is 4.79 Å². The Morgan fingerprint density at radius 3 is 2.75 bits per heavy atom. The summed E-state index contributed by atoms with van der Waals surface area (Å²) in [6.07, 6.45) is -2.58. The van der Waals surface area contributed by atoms with Gasteiger partial charge in [-0.2, -0.15) is 13.2 Å². The number of likely N-dealkylation sites (N-methyl/N-ethyl adjacent to an activating group) is 2. The van der Waals surface area contributed by atoms with Crippen molar-refractivity contribution in [3.63, 3.8) is 0 Å². The Hall–Kier alpha value is -2.69. The van der Waals surface area contributed by atoms with Crippen LogP contribution in [-0.4, -0.2) is 75.5 Å². The molecule has 2 aliphatic heterocycles. The van der Waals surface area contributed by atoms with Crippen LogP contribution >= 0.6 is 0 Å². The van der Waals surface area contributed by atoms with Gasteiger partial charge in [0.15, 0.2) is 0 Å². The second kappa shape index (κ2) is 11.6. The summed E-state index contributed by atoms with van der Waals surface area (Å²) in [4.78, 5) is 21.1. The van der Waals surface area contributed by atoms with Crippen molar-refractivity contribution in [2.45, 2.75) is 32.1 Å². The van der Waals surface area contributed by atoms with E-state index in [2.05, 4.69) is 20.5 Å². The van der Waals surface area contributed by atoms with E-state index >= 15 is 0 Å². The van der Waals surface area contributed by atoms with Crippen molar-refractivity contribution in [2.75, 3.05) is 58.4 Å². The van der Waals surface area contributed by atoms with Gasteiger partial charge in [-0.05, 0) is 50.6 Å². The van der Waals surface area contributed by atoms with Crippen LogP contribution in [-0.2, 0) is 17.8 Å². The van der Waals surface area contributed by atoms with Crippen LogP contribution in [0, 0.1) is 5.92 Å². The van der Waals surface area contributed by atoms with Crippen molar-refractivity contribution < 1.29 is 22.7 Å². The molecule has 2 aromatic rings. The monoisotopic (exact) mass is 505 g/mol. The van der Waals surface area contributed by atoms with Crippen LogP contribution in [0.4, 0.5) is 19.0 Å². The van der Waals surface area contributed by atoms with E-state index in [0.29, 0.717) is 42.5 Å². The van der Waals surface area contributed by atoms with Crippen LogP contribution in [0.1, 0.15) is 34.3 Å². The highest BCUT2D eigenvalue weighted by Crippen LogP contribution is 2.38. The van der Waals surface area contributed by atoms with E-state index in [1.54, 1.807) is 6.07 Å². The predicted molar refractivity (Wildman–Crippen MR) is 133 cm³/mol. The Kier molecular flexibility index (Phi) is 8.48. The van der Waals surface area contributed by atoms with Crippen molar-refractivity contribution in [3.8, 4) is 11.3 Å². The molecule has 0 aliphatic carbocycles. The number of ether oxygens (including phenoxy) is 1. The van der Waals surface area contributed by atoms with E-state index in [1.165, 1.54) is 4.90 Å². The van der Waals surface area contributed by atoms with Crippen molar-refractivity contribution in [1.82, 2.24) is 20.5 Å². The molecule has 0 atom stereocenters. The highest BCUT2D eigenvalue weighted by molar-refractivity contribution is 5.99. The van der Waals surface area contributed by atoms with Gasteiger partial charge in [-0.1, -0.05) is 18.2 Å². The van der Waals surface area contributed by atoms with E-state index in [4.69, 9.17) is 4.74 Å². The molecule has 0 saturated carbocycles. The highest BCUT2D eigenvalue weighted by atomic mass is 19.4. The SMILES string of the molecule is CNCCN(C)Cc1cccc(-c2cc(C(=O)NCC3CCOCC3)c3c(n2)N(CC(F)(F)F)C3)c1. The molecule has 10 heteroatoms. The lowest BCUT2D eigenvalue weighted by atomic mass is 9.96. The number of nitrogens with one attached hydrogen (secondary N) is 2. The quantitative estimate of drug-likeness (QED) is 0.516.